The lowest BCUT2D eigenvalue weighted by molar-refractivity contribution is -0.130. The van der Waals surface area contributed by atoms with E-state index < -0.39 is 0 Å². The molecule has 1 aromatic carbocycles. The minimum absolute atomic E-state index is 0.119. The number of rotatable bonds is 4. The number of carbonyl (C=O) groups excluding carboxylic acids is 1. The predicted octanol–water partition coefficient (Wildman–Crippen LogP) is 5.61. The first-order chi connectivity index (χ1) is 18.0. The largest absolute Gasteiger partial charge is 0.343 e. The lowest BCUT2D eigenvalue weighted by atomic mass is 10.0. The lowest BCUT2D eigenvalue weighted by Gasteiger charge is -2.32. The number of aromatic nitrogens is 4. The molecule has 0 radical (unpaired) electrons. The van der Waals surface area contributed by atoms with E-state index in [0.29, 0.717) is 11.1 Å². The van der Waals surface area contributed by atoms with E-state index in [9.17, 15) is 15.3 Å². The number of benzene rings is 1. The summed E-state index contributed by atoms with van der Waals surface area (Å²) in [7, 11) is 0. The van der Waals surface area contributed by atoms with Crippen molar-refractivity contribution in [1.82, 2.24) is 24.3 Å². The van der Waals surface area contributed by atoms with Crippen LogP contribution in [0.3, 0.4) is 0 Å². The summed E-state index contributed by atoms with van der Waals surface area (Å²) < 4.78 is 3.80. The van der Waals surface area contributed by atoms with Gasteiger partial charge in [-0.1, -0.05) is 37.7 Å². The van der Waals surface area contributed by atoms with E-state index in [1.165, 1.54) is 11.8 Å². The van der Waals surface area contributed by atoms with E-state index in [1.54, 1.807) is 23.7 Å². The smallest absolute Gasteiger partial charge is 0.219 e. The second-order valence-corrected chi connectivity index (χ2v) is 9.68. The number of carbonyl (C=O) groups is 1. The van der Waals surface area contributed by atoms with Crippen molar-refractivity contribution in [2.75, 3.05) is 13.1 Å². The average molecular weight is 512 g/mol. The molecule has 0 atom stereocenters. The molecule has 1 fully saturated rings. The van der Waals surface area contributed by atoms with Gasteiger partial charge in [0.1, 0.15) is 12.1 Å². The van der Waals surface area contributed by atoms with Gasteiger partial charge in [-0.2, -0.15) is 20.7 Å². The normalized spacial score (nSPS) is 13.5. The molecule has 0 bridgehead atoms. The fourth-order valence-electron chi connectivity index (χ4n) is 4.66. The van der Waals surface area contributed by atoms with Crippen LogP contribution in [0.1, 0.15) is 56.5 Å². The van der Waals surface area contributed by atoms with E-state index in [4.69, 9.17) is 5.10 Å². The van der Waals surface area contributed by atoms with Gasteiger partial charge in [-0.05, 0) is 38.0 Å². The zero-order chi connectivity index (χ0) is 26.5. The van der Waals surface area contributed by atoms with Crippen LogP contribution in [0.4, 0.5) is 0 Å². The lowest BCUT2D eigenvalue weighted by Crippen LogP contribution is -2.38. The first kappa shape index (κ1) is 26.0. The Bertz CT molecular complexity index is 1510. The number of piperidine rings is 1. The summed E-state index contributed by atoms with van der Waals surface area (Å²) in [6.45, 7) is 9.16. The van der Waals surface area contributed by atoms with E-state index in [0.717, 1.165) is 58.1 Å². The number of nitriles is 2. The first-order valence-corrected chi connectivity index (χ1v) is 13.2. The molecule has 9 heteroatoms. The number of amides is 1. The van der Waals surface area contributed by atoms with Gasteiger partial charge < -0.3 is 4.90 Å². The van der Waals surface area contributed by atoms with Crippen LogP contribution in [0.5, 0.6) is 0 Å². The highest BCUT2D eigenvalue weighted by molar-refractivity contribution is 7.99. The molecule has 4 aromatic rings. The molecule has 3 aromatic heterocycles. The molecule has 0 spiro atoms. The van der Waals surface area contributed by atoms with E-state index in [1.807, 2.05) is 55.4 Å². The molecule has 0 aliphatic carbocycles. The van der Waals surface area contributed by atoms with Gasteiger partial charge in [0.2, 0.25) is 5.91 Å². The Morgan fingerprint density at radius 1 is 1.03 bits per heavy atom. The first-order valence-electron chi connectivity index (χ1n) is 12.4. The van der Waals surface area contributed by atoms with Crippen molar-refractivity contribution in [3.8, 4) is 23.3 Å². The monoisotopic (exact) mass is 511 g/mol. The second kappa shape index (κ2) is 11.3. The molecule has 1 aliphatic heterocycles. The minimum atomic E-state index is 0.119. The molecular weight excluding hydrogens is 482 g/mol. The van der Waals surface area contributed by atoms with Crippen molar-refractivity contribution in [2.45, 2.75) is 56.4 Å². The van der Waals surface area contributed by atoms with Gasteiger partial charge in [0, 0.05) is 52.8 Å². The number of nitrogens with zero attached hydrogens (tertiary/aromatic N) is 7. The van der Waals surface area contributed by atoms with E-state index in [-0.39, 0.29) is 11.9 Å². The summed E-state index contributed by atoms with van der Waals surface area (Å²) in [5.74, 6) is 0.119. The third-order valence-corrected chi connectivity index (χ3v) is 7.64. The van der Waals surface area contributed by atoms with Gasteiger partial charge in [0.25, 0.3) is 0 Å². The molecule has 1 amide bonds. The van der Waals surface area contributed by atoms with Crippen LogP contribution in [-0.2, 0) is 4.79 Å². The second-order valence-electron chi connectivity index (χ2n) is 8.59. The number of fused-ring (bicyclic) bond motifs is 1. The highest BCUT2D eigenvalue weighted by Crippen LogP contribution is 2.38. The molecular formula is C28H29N7OS. The summed E-state index contributed by atoms with van der Waals surface area (Å²) in [4.78, 5) is 15.2. The summed E-state index contributed by atoms with van der Waals surface area (Å²) >= 11 is 1.46. The van der Waals surface area contributed by atoms with Crippen LogP contribution in [0.2, 0.25) is 0 Å². The van der Waals surface area contributed by atoms with Crippen LogP contribution in [-0.4, -0.2) is 43.3 Å². The summed E-state index contributed by atoms with van der Waals surface area (Å²) in [5, 5.41) is 28.3. The van der Waals surface area contributed by atoms with Crippen LogP contribution in [0.15, 0.2) is 58.7 Å². The van der Waals surface area contributed by atoms with Crippen molar-refractivity contribution in [2.24, 2.45) is 0 Å². The molecule has 4 heterocycles. The van der Waals surface area contributed by atoms with Gasteiger partial charge in [0.05, 0.1) is 35.1 Å². The van der Waals surface area contributed by atoms with Gasteiger partial charge in [0.15, 0.2) is 0 Å². The summed E-state index contributed by atoms with van der Waals surface area (Å²) in [6, 6.07) is 14.2. The van der Waals surface area contributed by atoms with Crippen LogP contribution >= 0.6 is 11.8 Å². The number of hydrogen-bond acceptors (Lipinski definition) is 6. The Balaban J connectivity index is 0.00000156. The molecule has 1 saturated heterocycles. The van der Waals surface area contributed by atoms with Crippen LogP contribution in [0, 0.1) is 29.6 Å². The van der Waals surface area contributed by atoms with Crippen molar-refractivity contribution in [3.63, 3.8) is 0 Å². The summed E-state index contributed by atoms with van der Waals surface area (Å²) in [5.41, 5.74) is 4.76. The molecule has 5 rings (SSSR count). The maximum atomic E-state index is 11.7. The van der Waals surface area contributed by atoms with Crippen molar-refractivity contribution in [3.05, 3.63) is 65.7 Å². The topological polar surface area (TPSA) is 103 Å². The van der Waals surface area contributed by atoms with Gasteiger partial charge >= 0.3 is 0 Å². The summed E-state index contributed by atoms with van der Waals surface area (Å²) in [6.07, 6.45) is 7.11. The Morgan fingerprint density at radius 3 is 2.41 bits per heavy atom. The minimum Gasteiger partial charge on any atom is -0.343 e. The Morgan fingerprint density at radius 2 is 1.73 bits per heavy atom. The molecule has 37 heavy (non-hydrogen) atoms. The molecule has 0 saturated carbocycles. The number of pyridine rings is 1. The van der Waals surface area contributed by atoms with Crippen molar-refractivity contribution in [1.29, 1.82) is 10.5 Å². The molecule has 188 valence electrons. The fourth-order valence-corrected chi connectivity index (χ4v) is 5.75. The quantitative estimate of drug-likeness (QED) is 0.353. The Labute approximate surface area is 221 Å². The van der Waals surface area contributed by atoms with Crippen molar-refractivity contribution >= 4 is 23.2 Å². The Hall–Kier alpha value is -4.08. The maximum Gasteiger partial charge on any atom is 0.219 e. The number of hydrogen-bond donors (Lipinski definition) is 0. The maximum absolute atomic E-state index is 11.7. The molecule has 1 aliphatic rings. The highest BCUT2D eigenvalue weighted by Gasteiger charge is 2.25. The van der Waals surface area contributed by atoms with Gasteiger partial charge in [-0.15, -0.1) is 0 Å². The fraction of sp³-hybridized carbons (Fsp3) is 0.321. The standard InChI is InChI=1S/C26H23N7OS.C2H6/c1-17-23(15-30-33(17)22-7-9-31(10-8-22)18(2)34)20-11-25(26-21(13-28)14-29-32(26)16-20)35-24-6-4-3-5-19(24)12-27;1-2/h3-6,11,14-16,22H,7-10H2,1-2H3;1-2H3. The molecule has 0 unspecified atom stereocenters. The van der Waals surface area contributed by atoms with Gasteiger partial charge in [-0.3, -0.25) is 9.48 Å². The third-order valence-electron chi connectivity index (χ3n) is 6.54. The molecule has 8 nitrogen and oxygen atoms in total. The molecule has 0 N–H and O–H groups in total. The van der Waals surface area contributed by atoms with Crippen LogP contribution in [0.25, 0.3) is 16.6 Å². The number of likely N-dealkylation sites (tertiary alicyclic amines) is 1. The highest BCUT2D eigenvalue weighted by atomic mass is 32.2. The zero-order valence-corrected chi connectivity index (χ0v) is 22.3. The van der Waals surface area contributed by atoms with E-state index >= 15 is 0 Å². The van der Waals surface area contributed by atoms with Crippen LogP contribution < -0.4 is 0 Å². The average Bonchev–Trinajstić information content (AvgIpc) is 3.53. The SMILES string of the molecule is CC.CC(=O)N1CCC(n2ncc(-c3cc(Sc4ccccc4C#N)c4c(C#N)cnn4c3)c2C)CC1. The zero-order valence-electron chi connectivity index (χ0n) is 21.5. The van der Waals surface area contributed by atoms with Gasteiger partial charge in [-0.25, -0.2) is 4.52 Å². The van der Waals surface area contributed by atoms with E-state index in [2.05, 4.69) is 28.8 Å². The third kappa shape index (κ3) is 5.09. The van der Waals surface area contributed by atoms with Crippen molar-refractivity contribution < 1.29 is 4.79 Å². The predicted molar refractivity (Wildman–Crippen MR) is 143 cm³/mol. The Kier molecular flexibility index (Phi) is 7.95.